The smallest absolute Gasteiger partial charge is 0.306 e. The molecular formula is C57H99NO5. The van der Waals surface area contributed by atoms with Crippen LogP contribution >= 0.6 is 0 Å². The topological polar surface area (TPSA) is 95.9 Å². The minimum absolute atomic E-state index is 0.0270. The summed E-state index contributed by atoms with van der Waals surface area (Å²) in [6.07, 6.45) is 65.0. The Bertz CT molecular complexity index is 1210. The van der Waals surface area contributed by atoms with E-state index in [4.69, 9.17) is 4.74 Å². The number of aliphatic hydroxyl groups is 2. The number of hydrogen-bond acceptors (Lipinski definition) is 5. The van der Waals surface area contributed by atoms with Gasteiger partial charge in [-0.05, 0) is 96.3 Å². The number of allylic oxidation sites excluding steroid dienone is 14. The third-order valence-corrected chi connectivity index (χ3v) is 11.5. The largest absolute Gasteiger partial charge is 0.462 e. The highest BCUT2D eigenvalue weighted by atomic mass is 16.5. The molecule has 3 N–H and O–H groups in total. The normalized spacial score (nSPS) is 13.9. The van der Waals surface area contributed by atoms with Crippen LogP contribution in [-0.2, 0) is 14.3 Å². The van der Waals surface area contributed by atoms with Crippen molar-refractivity contribution in [1.29, 1.82) is 0 Å². The van der Waals surface area contributed by atoms with E-state index in [2.05, 4.69) is 111 Å². The van der Waals surface area contributed by atoms with E-state index in [1.807, 2.05) is 0 Å². The zero-order valence-corrected chi connectivity index (χ0v) is 41.2. The summed E-state index contributed by atoms with van der Waals surface area (Å²) in [7, 11) is 0. The lowest BCUT2D eigenvalue weighted by Crippen LogP contribution is -2.46. The number of aliphatic hydroxyl groups excluding tert-OH is 2. The van der Waals surface area contributed by atoms with Gasteiger partial charge in [-0.25, -0.2) is 0 Å². The first-order valence-electron chi connectivity index (χ1n) is 26.3. The second-order valence-corrected chi connectivity index (χ2v) is 17.5. The van der Waals surface area contributed by atoms with E-state index in [1.54, 1.807) is 0 Å². The molecular weight excluding hydrogens is 779 g/mol. The predicted molar refractivity (Wildman–Crippen MR) is 273 cm³/mol. The average molecular weight is 878 g/mol. The molecule has 0 fully saturated rings. The van der Waals surface area contributed by atoms with Crippen molar-refractivity contribution in [2.75, 3.05) is 6.61 Å². The Hall–Kier alpha value is -2.96. The molecule has 0 aliphatic rings. The van der Waals surface area contributed by atoms with E-state index < -0.39 is 18.2 Å². The van der Waals surface area contributed by atoms with Crippen molar-refractivity contribution in [3.05, 3.63) is 85.1 Å². The molecule has 362 valence electrons. The molecule has 3 atom stereocenters. The second-order valence-electron chi connectivity index (χ2n) is 17.5. The summed E-state index contributed by atoms with van der Waals surface area (Å²) in [5.41, 5.74) is 0. The molecule has 0 aromatic carbocycles. The molecule has 6 nitrogen and oxygen atoms in total. The van der Waals surface area contributed by atoms with Gasteiger partial charge in [-0.2, -0.15) is 0 Å². The molecule has 6 heteroatoms. The fourth-order valence-electron chi connectivity index (χ4n) is 7.49. The molecule has 0 radical (unpaired) electrons. The van der Waals surface area contributed by atoms with E-state index in [1.165, 1.54) is 89.9 Å². The molecule has 0 heterocycles. The average Bonchev–Trinajstić information content (AvgIpc) is 3.28. The van der Waals surface area contributed by atoms with Crippen molar-refractivity contribution in [2.45, 2.75) is 257 Å². The molecule has 1 amide bonds. The number of amides is 1. The van der Waals surface area contributed by atoms with Crippen LogP contribution in [0.5, 0.6) is 0 Å². The van der Waals surface area contributed by atoms with Gasteiger partial charge < -0.3 is 20.3 Å². The molecule has 3 unspecified atom stereocenters. The molecule has 63 heavy (non-hydrogen) atoms. The number of ether oxygens (including phenoxy) is 1. The maximum absolute atomic E-state index is 13.2. The van der Waals surface area contributed by atoms with Gasteiger partial charge in [0.1, 0.15) is 6.10 Å². The van der Waals surface area contributed by atoms with Crippen molar-refractivity contribution in [2.24, 2.45) is 0 Å². The third kappa shape index (κ3) is 45.4. The van der Waals surface area contributed by atoms with Crippen LogP contribution in [0, 0.1) is 0 Å². The van der Waals surface area contributed by atoms with Crippen LogP contribution in [0.3, 0.4) is 0 Å². The molecule has 0 aliphatic carbocycles. The quantitative estimate of drug-likeness (QED) is 0.0322. The van der Waals surface area contributed by atoms with Crippen LogP contribution in [0.2, 0.25) is 0 Å². The summed E-state index contributed by atoms with van der Waals surface area (Å²) in [5.74, 6) is -0.557. The van der Waals surface area contributed by atoms with Crippen LogP contribution in [0.1, 0.15) is 239 Å². The predicted octanol–water partition coefficient (Wildman–Crippen LogP) is 16.0. The van der Waals surface area contributed by atoms with Crippen LogP contribution < -0.4 is 5.32 Å². The number of nitrogens with one attached hydrogen (secondary N) is 1. The van der Waals surface area contributed by atoms with E-state index in [-0.39, 0.29) is 24.9 Å². The maximum Gasteiger partial charge on any atom is 0.306 e. The highest BCUT2D eigenvalue weighted by Crippen LogP contribution is 2.17. The Kier molecular flexibility index (Phi) is 47.7. The molecule has 0 aromatic rings. The maximum atomic E-state index is 13.2. The zero-order valence-electron chi connectivity index (χ0n) is 41.2. The summed E-state index contributed by atoms with van der Waals surface area (Å²) in [6, 6.07) is -0.728. The van der Waals surface area contributed by atoms with Gasteiger partial charge in [0.25, 0.3) is 0 Å². The van der Waals surface area contributed by atoms with Crippen molar-refractivity contribution >= 4 is 11.9 Å². The van der Waals surface area contributed by atoms with Gasteiger partial charge in [-0.15, -0.1) is 0 Å². The molecule has 0 saturated carbocycles. The highest BCUT2D eigenvalue weighted by Gasteiger charge is 2.24. The summed E-state index contributed by atoms with van der Waals surface area (Å²) in [5, 5.41) is 23.8. The highest BCUT2D eigenvalue weighted by molar-refractivity contribution is 5.77. The van der Waals surface area contributed by atoms with Crippen molar-refractivity contribution in [3.8, 4) is 0 Å². The first kappa shape index (κ1) is 60.0. The van der Waals surface area contributed by atoms with Crippen LogP contribution in [-0.4, -0.2) is 46.9 Å². The summed E-state index contributed by atoms with van der Waals surface area (Å²) >= 11 is 0. The fourth-order valence-corrected chi connectivity index (χ4v) is 7.49. The first-order chi connectivity index (χ1) is 31.0. The number of carbonyl (C=O) groups is 2. The summed E-state index contributed by atoms with van der Waals surface area (Å²) < 4.78 is 5.90. The van der Waals surface area contributed by atoms with Gasteiger partial charge in [0, 0.05) is 6.42 Å². The molecule has 0 rings (SSSR count). The van der Waals surface area contributed by atoms with Crippen LogP contribution in [0.15, 0.2) is 85.1 Å². The Morgan fingerprint density at radius 2 is 0.873 bits per heavy atom. The standard InChI is InChI=1S/C57H99NO5/c1-4-7-10-13-16-19-22-25-27-28-29-32-35-38-41-44-47-50-57(62)63-53(48-45-42-39-36-33-31-26-23-20-17-14-11-8-5-2)51-56(61)58-54(52-59)55(60)49-46-43-40-37-34-30-24-21-18-15-12-9-6-3/h8,11,16-17,19-20,25-27,29,31-32,36,39,53-55,59-60H,4-7,9-10,12-15,18,21-24,28,30,33-35,37-38,40-52H2,1-3H3,(H,58,61)/b11-8+,19-16-,20-17+,27-25-,31-26+,32-29-,39-36+. The Labute approximate surface area is 389 Å². The van der Waals surface area contributed by atoms with Gasteiger partial charge in [0.05, 0.1) is 25.2 Å². The Morgan fingerprint density at radius 1 is 0.476 bits per heavy atom. The van der Waals surface area contributed by atoms with E-state index >= 15 is 0 Å². The second kappa shape index (κ2) is 50.0. The molecule has 0 bridgehead atoms. The van der Waals surface area contributed by atoms with Crippen LogP contribution in [0.4, 0.5) is 0 Å². The summed E-state index contributed by atoms with van der Waals surface area (Å²) in [6.45, 7) is 6.32. The monoisotopic (exact) mass is 878 g/mol. The number of unbranched alkanes of at least 4 members (excludes halogenated alkanes) is 20. The van der Waals surface area contributed by atoms with Gasteiger partial charge in [-0.3, -0.25) is 9.59 Å². The van der Waals surface area contributed by atoms with Crippen LogP contribution in [0.25, 0.3) is 0 Å². The SMILES string of the molecule is CC/C=C/C/C=C/C/C=C/C/C=C/CCCC(CC(=O)NC(CO)C(O)CCCCCCCCCCCCCCC)OC(=O)CCCCCC/C=C\C/C=C\C/C=C\CCCCC. The number of rotatable bonds is 46. The van der Waals surface area contributed by atoms with Gasteiger partial charge in [0.2, 0.25) is 5.91 Å². The number of carbonyl (C=O) groups excluding carboxylic acids is 2. The van der Waals surface area contributed by atoms with Crippen molar-refractivity contribution in [1.82, 2.24) is 5.32 Å². The lowest BCUT2D eigenvalue weighted by molar-refractivity contribution is -0.151. The lowest BCUT2D eigenvalue weighted by atomic mass is 10.0. The van der Waals surface area contributed by atoms with Gasteiger partial charge in [-0.1, -0.05) is 215 Å². The fraction of sp³-hybridized carbons (Fsp3) is 0.719. The summed E-state index contributed by atoms with van der Waals surface area (Å²) in [4.78, 5) is 26.2. The van der Waals surface area contributed by atoms with Crippen molar-refractivity contribution in [3.63, 3.8) is 0 Å². The number of esters is 1. The minimum Gasteiger partial charge on any atom is -0.462 e. The molecule has 0 aliphatic heterocycles. The van der Waals surface area contributed by atoms with E-state index in [0.717, 1.165) is 103 Å². The van der Waals surface area contributed by atoms with Crippen molar-refractivity contribution < 1.29 is 24.5 Å². The molecule has 0 saturated heterocycles. The Morgan fingerprint density at radius 3 is 1.37 bits per heavy atom. The first-order valence-corrected chi connectivity index (χ1v) is 26.3. The Balaban J connectivity index is 4.70. The van der Waals surface area contributed by atoms with E-state index in [0.29, 0.717) is 19.3 Å². The minimum atomic E-state index is -0.810. The van der Waals surface area contributed by atoms with E-state index in [9.17, 15) is 19.8 Å². The molecule has 0 spiro atoms. The molecule has 0 aromatic heterocycles. The van der Waals surface area contributed by atoms with Gasteiger partial charge in [0.15, 0.2) is 0 Å². The number of hydrogen-bond donors (Lipinski definition) is 3. The zero-order chi connectivity index (χ0) is 45.9. The van der Waals surface area contributed by atoms with Gasteiger partial charge >= 0.3 is 5.97 Å². The third-order valence-electron chi connectivity index (χ3n) is 11.5. The lowest BCUT2D eigenvalue weighted by Gasteiger charge is -2.24.